The van der Waals surface area contributed by atoms with Gasteiger partial charge in [0.1, 0.15) is 0 Å². The standard InChI is InChI=1S/C13H17Cl3N2O/c1-3-10-5-4-6-11(7-10)12(19)17-18(16)13(2,8-14)9-15/h4-7H,3,8-9H2,1-2H3,(H,17,19). The zero-order valence-electron chi connectivity index (χ0n) is 10.9. The lowest BCUT2D eigenvalue weighted by molar-refractivity contribution is 0.0812. The van der Waals surface area contributed by atoms with Crippen LogP contribution in [0.4, 0.5) is 0 Å². The van der Waals surface area contributed by atoms with Gasteiger partial charge >= 0.3 is 0 Å². The summed E-state index contributed by atoms with van der Waals surface area (Å²) in [4.78, 5) is 12.1. The minimum Gasteiger partial charge on any atom is -0.270 e. The summed E-state index contributed by atoms with van der Waals surface area (Å²) < 4.78 is 1.15. The third-order valence-electron chi connectivity index (χ3n) is 2.85. The van der Waals surface area contributed by atoms with E-state index in [0.29, 0.717) is 5.56 Å². The van der Waals surface area contributed by atoms with E-state index in [4.69, 9.17) is 35.0 Å². The Hall–Kier alpha value is -0.480. The van der Waals surface area contributed by atoms with Gasteiger partial charge in [-0.25, -0.2) is 0 Å². The monoisotopic (exact) mass is 322 g/mol. The third-order valence-corrected chi connectivity index (χ3v) is 4.49. The predicted molar refractivity (Wildman–Crippen MR) is 80.8 cm³/mol. The number of benzene rings is 1. The number of aryl methyl sites for hydroxylation is 1. The van der Waals surface area contributed by atoms with E-state index in [9.17, 15) is 4.79 Å². The second-order valence-electron chi connectivity index (χ2n) is 4.54. The van der Waals surface area contributed by atoms with Gasteiger partial charge in [0.2, 0.25) is 0 Å². The van der Waals surface area contributed by atoms with Crippen LogP contribution in [-0.2, 0) is 6.42 Å². The fourth-order valence-electron chi connectivity index (χ4n) is 1.36. The number of carbonyl (C=O) groups excluding carboxylic acids is 1. The quantitative estimate of drug-likeness (QED) is 0.493. The Bertz CT molecular complexity index is 436. The van der Waals surface area contributed by atoms with Gasteiger partial charge in [-0.15, -0.1) is 27.7 Å². The maximum absolute atomic E-state index is 12.1. The van der Waals surface area contributed by atoms with Gasteiger partial charge in [0, 0.05) is 29.1 Å². The maximum Gasteiger partial charge on any atom is 0.266 e. The van der Waals surface area contributed by atoms with Crippen molar-refractivity contribution in [1.29, 1.82) is 0 Å². The molecule has 19 heavy (non-hydrogen) atoms. The van der Waals surface area contributed by atoms with Crippen molar-refractivity contribution >= 4 is 40.9 Å². The Kier molecular flexibility index (Phi) is 6.40. The van der Waals surface area contributed by atoms with E-state index < -0.39 is 5.54 Å². The topological polar surface area (TPSA) is 32.3 Å². The number of nitrogens with zero attached hydrogens (tertiary/aromatic N) is 1. The third kappa shape index (κ3) is 4.25. The largest absolute Gasteiger partial charge is 0.270 e. The van der Waals surface area contributed by atoms with E-state index in [1.165, 1.54) is 0 Å². The molecule has 0 spiro atoms. The zero-order valence-corrected chi connectivity index (χ0v) is 13.2. The van der Waals surface area contributed by atoms with Gasteiger partial charge in [-0.1, -0.05) is 19.1 Å². The summed E-state index contributed by atoms with van der Waals surface area (Å²) in [6.07, 6.45) is 0.868. The Morgan fingerprint density at radius 2 is 2.00 bits per heavy atom. The number of hydrogen-bond acceptors (Lipinski definition) is 2. The molecule has 0 saturated heterocycles. The molecular weight excluding hydrogens is 307 g/mol. The number of nitrogens with one attached hydrogen (secondary N) is 1. The maximum atomic E-state index is 12.1. The van der Waals surface area contributed by atoms with Crippen LogP contribution in [0, 0.1) is 0 Å². The smallest absolute Gasteiger partial charge is 0.266 e. The zero-order chi connectivity index (χ0) is 14.5. The fourth-order valence-corrected chi connectivity index (χ4v) is 2.21. The molecule has 0 bridgehead atoms. The highest BCUT2D eigenvalue weighted by atomic mass is 35.5. The number of amides is 1. The van der Waals surface area contributed by atoms with Gasteiger partial charge in [0.15, 0.2) is 0 Å². The molecule has 3 nitrogen and oxygen atoms in total. The molecule has 106 valence electrons. The first kappa shape index (κ1) is 16.6. The van der Waals surface area contributed by atoms with Crippen LogP contribution < -0.4 is 5.43 Å². The molecule has 1 rings (SSSR count). The van der Waals surface area contributed by atoms with Crippen LogP contribution in [0.3, 0.4) is 0 Å². The molecule has 0 unspecified atom stereocenters. The number of carbonyl (C=O) groups is 1. The summed E-state index contributed by atoms with van der Waals surface area (Å²) in [6, 6.07) is 7.38. The minimum atomic E-state index is -0.706. The van der Waals surface area contributed by atoms with Gasteiger partial charge in [-0.05, 0) is 31.0 Å². The van der Waals surface area contributed by atoms with Crippen molar-refractivity contribution in [1.82, 2.24) is 9.95 Å². The van der Waals surface area contributed by atoms with E-state index in [2.05, 4.69) is 5.43 Å². The summed E-state index contributed by atoms with van der Waals surface area (Å²) in [7, 11) is 0. The summed E-state index contributed by atoms with van der Waals surface area (Å²) >= 11 is 17.7. The van der Waals surface area contributed by atoms with Gasteiger partial charge in [0.25, 0.3) is 5.91 Å². The number of hydrogen-bond donors (Lipinski definition) is 1. The van der Waals surface area contributed by atoms with Crippen molar-refractivity contribution in [3.8, 4) is 0 Å². The van der Waals surface area contributed by atoms with Crippen LogP contribution in [0.15, 0.2) is 24.3 Å². The van der Waals surface area contributed by atoms with E-state index in [-0.39, 0.29) is 17.7 Å². The summed E-state index contributed by atoms with van der Waals surface area (Å²) in [5.74, 6) is 0.122. The van der Waals surface area contributed by atoms with Crippen molar-refractivity contribution < 1.29 is 4.79 Å². The molecule has 0 atom stereocenters. The van der Waals surface area contributed by atoms with Crippen molar-refractivity contribution in [2.24, 2.45) is 0 Å². The fraction of sp³-hybridized carbons (Fsp3) is 0.462. The molecule has 1 aromatic rings. The first-order valence-electron chi connectivity index (χ1n) is 5.94. The molecule has 1 N–H and O–H groups in total. The van der Waals surface area contributed by atoms with Gasteiger partial charge in [-0.2, -0.15) is 0 Å². The van der Waals surface area contributed by atoms with E-state index in [0.717, 1.165) is 16.5 Å². The molecule has 0 aliphatic rings. The van der Waals surface area contributed by atoms with Gasteiger partial charge < -0.3 is 0 Å². The van der Waals surface area contributed by atoms with Crippen LogP contribution >= 0.6 is 35.0 Å². The number of rotatable bonds is 6. The molecule has 1 aromatic carbocycles. The average Bonchev–Trinajstić information content (AvgIpc) is 2.46. The summed E-state index contributed by atoms with van der Waals surface area (Å²) in [5, 5.41) is 0. The van der Waals surface area contributed by atoms with Crippen molar-refractivity contribution in [3.63, 3.8) is 0 Å². The minimum absolute atomic E-state index is 0.204. The molecular formula is C13H17Cl3N2O. The lowest BCUT2D eigenvalue weighted by Gasteiger charge is -2.32. The lowest BCUT2D eigenvalue weighted by Crippen LogP contribution is -2.52. The van der Waals surface area contributed by atoms with E-state index in [1.807, 2.05) is 25.1 Å². The highest BCUT2D eigenvalue weighted by Crippen LogP contribution is 2.19. The molecule has 6 heteroatoms. The van der Waals surface area contributed by atoms with Crippen LogP contribution in [0.2, 0.25) is 0 Å². The molecule has 0 fully saturated rings. The Labute approximate surface area is 128 Å². The number of hydrazine groups is 1. The van der Waals surface area contributed by atoms with Crippen LogP contribution in [0.5, 0.6) is 0 Å². The highest BCUT2D eigenvalue weighted by Gasteiger charge is 2.31. The predicted octanol–water partition coefficient (Wildman–Crippen LogP) is 3.59. The molecule has 0 heterocycles. The highest BCUT2D eigenvalue weighted by molar-refractivity contribution is 6.23. The summed E-state index contributed by atoms with van der Waals surface area (Å²) in [6.45, 7) is 3.80. The Balaban J connectivity index is 2.79. The molecule has 0 aromatic heterocycles. The first-order chi connectivity index (χ1) is 8.96. The van der Waals surface area contributed by atoms with Crippen LogP contribution in [-0.4, -0.2) is 27.7 Å². The molecule has 0 saturated carbocycles. The average molecular weight is 324 g/mol. The molecule has 0 aliphatic heterocycles. The Morgan fingerprint density at radius 1 is 1.37 bits per heavy atom. The van der Waals surface area contributed by atoms with Crippen molar-refractivity contribution in [2.75, 3.05) is 11.8 Å². The lowest BCUT2D eigenvalue weighted by atomic mass is 10.1. The SMILES string of the molecule is CCc1cccc(C(=O)NN(Cl)C(C)(CCl)CCl)c1. The van der Waals surface area contributed by atoms with Crippen molar-refractivity contribution in [2.45, 2.75) is 25.8 Å². The van der Waals surface area contributed by atoms with E-state index in [1.54, 1.807) is 13.0 Å². The Morgan fingerprint density at radius 3 is 2.53 bits per heavy atom. The summed E-state index contributed by atoms with van der Waals surface area (Å²) in [5.41, 5.74) is 3.52. The van der Waals surface area contributed by atoms with Crippen LogP contribution in [0.25, 0.3) is 0 Å². The van der Waals surface area contributed by atoms with E-state index >= 15 is 0 Å². The first-order valence-corrected chi connectivity index (χ1v) is 7.35. The van der Waals surface area contributed by atoms with Crippen LogP contribution in [0.1, 0.15) is 29.8 Å². The second-order valence-corrected chi connectivity index (χ2v) is 5.41. The molecule has 0 aliphatic carbocycles. The van der Waals surface area contributed by atoms with Crippen molar-refractivity contribution in [3.05, 3.63) is 35.4 Å². The molecule has 0 radical (unpaired) electrons. The number of alkyl halides is 2. The normalized spacial score (nSPS) is 11.7. The van der Waals surface area contributed by atoms with Gasteiger partial charge in [-0.3, -0.25) is 10.2 Å². The van der Waals surface area contributed by atoms with Gasteiger partial charge in [0.05, 0.1) is 5.54 Å². The second kappa shape index (κ2) is 7.34. The number of halogens is 3. The molecule has 1 amide bonds.